The van der Waals surface area contributed by atoms with E-state index in [0.717, 1.165) is 43.9 Å². The van der Waals surface area contributed by atoms with Crippen LogP contribution in [0.4, 0.5) is 0 Å². The molecular weight excluding hydrogens is 1930 g/mol. The number of ketones is 3. The van der Waals surface area contributed by atoms with Crippen molar-refractivity contribution in [3.8, 4) is 0 Å². The Kier molecular flexibility index (Phi) is 108. The van der Waals surface area contributed by atoms with Crippen molar-refractivity contribution in [2.45, 2.75) is 113 Å². The molecule has 108 heavy (non-hydrogen) atoms. The number of carboxylic acid groups (broad SMARTS) is 1. The van der Waals surface area contributed by atoms with Gasteiger partial charge in [0.2, 0.25) is 0 Å². The van der Waals surface area contributed by atoms with E-state index >= 15 is 0 Å². The number of nitrogens with one attached hydrogen (secondary N) is 2. The molecule has 0 aliphatic rings. The summed E-state index contributed by atoms with van der Waals surface area (Å²) < 4.78 is 13.0. The van der Waals surface area contributed by atoms with Crippen LogP contribution in [0, 0.1) is 0 Å². The quantitative estimate of drug-likeness (QED) is 0.0123. The summed E-state index contributed by atoms with van der Waals surface area (Å²) in [5, 5.41) is 11.7. The molecule has 6 aromatic rings. The molecule has 6 N–H and O–H groups in total. The number of H-pyrrole nitrogens is 1. The zero-order chi connectivity index (χ0) is 81.9. The predicted octanol–water partition coefficient (Wildman–Crippen LogP) is -14.4. The SMILES string of the molecule is CCCC(=O)c1cc(=O)n(CC)c(=O)n1PC.CCn1c(=O)cc(C(=O)CCN)n(PC)c1=O.CCn1c(=O)cc(C(=O)CCNC)n(PC)c1=O.CCn1c(=O)cc(C(=O)O)n(PC)c1=O.CCn1c(=O)cc(C=O)[nH]c1=O.CCn1c(=O)cc(C=O)n(PC)c1=O.CPO.[H-].[H-].[HH].[HH].[I-].[K+].[K+].[K+].[K][K].[K][K].[K][K].[K][K]. The van der Waals surface area contributed by atoms with Gasteiger partial charge in [-0.1, -0.05) is 6.92 Å². The molecule has 6 heterocycles. The zero-order valence-corrected chi connectivity index (χ0v) is 110. The number of aromatic nitrogens is 12. The van der Waals surface area contributed by atoms with Gasteiger partial charge in [0.25, 0.3) is 33.4 Å². The van der Waals surface area contributed by atoms with E-state index in [0.29, 0.717) is 64.7 Å². The Morgan fingerprint density at radius 3 is 0.954 bits per heavy atom. The van der Waals surface area contributed by atoms with Gasteiger partial charge >= 0.3 is 447 Å². The molecule has 0 saturated heterocycles. The number of hydrogen-bond acceptors (Lipinski definition) is 21. The number of aldehydes is 2. The van der Waals surface area contributed by atoms with Crippen molar-refractivity contribution in [3.05, 3.63) is 196 Å². The number of aromatic amines is 1. The van der Waals surface area contributed by atoms with Gasteiger partial charge in [-0.15, -0.1) is 0 Å². The van der Waals surface area contributed by atoms with E-state index in [1.165, 1.54) is 294 Å². The number of carbonyl (C=O) groups excluding carboxylic acids is 5. The van der Waals surface area contributed by atoms with Crippen molar-refractivity contribution >= 4 is 341 Å². The van der Waals surface area contributed by atoms with Gasteiger partial charge in [0, 0.05) is 113 Å². The van der Waals surface area contributed by atoms with Crippen LogP contribution in [0.25, 0.3) is 0 Å². The second kappa shape index (κ2) is 84.9. The molecule has 0 aliphatic carbocycles. The number of carbonyl (C=O) groups is 6. The summed E-state index contributed by atoms with van der Waals surface area (Å²) in [7, 11) is 2.33. The molecule has 52 heteroatoms. The van der Waals surface area contributed by atoms with Gasteiger partial charge in [-0.05, 0) is 145 Å². The van der Waals surface area contributed by atoms with Crippen LogP contribution in [0.1, 0.15) is 143 Å². The zero-order valence-electron chi connectivity index (χ0n) is 69.2. The summed E-state index contributed by atoms with van der Waals surface area (Å²) in [6.07, 6.45) is 2.44. The van der Waals surface area contributed by atoms with Crippen LogP contribution in [0.2, 0.25) is 0 Å². The first kappa shape index (κ1) is 137. The van der Waals surface area contributed by atoms with Crippen LogP contribution < -0.4 is 257 Å². The summed E-state index contributed by atoms with van der Waals surface area (Å²) in [5.74, 6) is -1.85. The first-order chi connectivity index (χ1) is 49.5. The number of rotatable bonds is 24. The summed E-state index contributed by atoms with van der Waals surface area (Å²) in [4.78, 5) is 216. The van der Waals surface area contributed by atoms with Crippen molar-refractivity contribution in [2.24, 2.45) is 5.73 Å². The molecule has 0 fully saturated rings. The molecule has 6 atom stereocenters. The van der Waals surface area contributed by atoms with Gasteiger partial charge in [-0.3, -0.25) is 102 Å². The Labute approximate surface area is 967 Å². The minimum absolute atomic E-state index is 0. The van der Waals surface area contributed by atoms with Crippen molar-refractivity contribution in [2.75, 3.05) is 60.1 Å². The molecule has 0 aliphatic heterocycles. The Morgan fingerprint density at radius 1 is 0.454 bits per heavy atom. The minimum atomic E-state index is -1.26. The van der Waals surface area contributed by atoms with Crippen molar-refractivity contribution < 1.29 is 223 Å². The first-order valence-electron chi connectivity index (χ1n) is 33.4. The Hall–Kier alpha value is 11.1. The van der Waals surface area contributed by atoms with Crippen LogP contribution >= 0.6 is 52.5 Å². The number of nitrogens with two attached hydrogens (primary N) is 1. The number of aromatic carboxylic acids is 1. The number of hydrogen-bond donors (Lipinski definition) is 5. The third-order valence-corrected chi connectivity index (χ3v) is 17.2. The number of nitrogens with zero attached hydrogens (tertiary/aromatic N) is 11. The van der Waals surface area contributed by atoms with E-state index in [9.17, 15) is 86.3 Å². The van der Waals surface area contributed by atoms with Crippen LogP contribution in [0.5, 0.6) is 0 Å². The van der Waals surface area contributed by atoms with E-state index in [1.54, 1.807) is 81.9 Å². The summed E-state index contributed by atoms with van der Waals surface area (Å²) in [6, 6.07) is 7.02. The summed E-state index contributed by atoms with van der Waals surface area (Å²) in [5.41, 5.74) is 0.370. The molecule has 6 rings (SSSR count). The fraction of sp³-hybridized carbons (Fsp3) is 0.464. The van der Waals surface area contributed by atoms with Crippen molar-refractivity contribution in [1.82, 2.24) is 59.4 Å². The molecular formula is C56H92IK11N14O20P6. The fourth-order valence-electron chi connectivity index (χ4n) is 8.19. The predicted molar refractivity (Wildman–Crippen MR) is 435 cm³/mol. The molecule has 6 unspecified atom stereocenters. The molecule has 0 amide bonds. The average Bonchev–Trinajstić information content (AvgIpc) is 0.821. The molecule has 0 radical (unpaired) electrons. The molecule has 554 valence electrons. The van der Waals surface area contributed by atoms with E-state index in [-0.39, 0.29) is 319 Å². The van der Waals surface area contributed by atoms with Crippen molar-refractivity contribution in [3.63, 3.8) is 0 Å². The standard InChI is InChI=1S/C11H18N3O3P.C11H17N2O3P.C10H16N3O3P.C8H11N2O4P.C8H11N2O3P.C7H8N2O3.CH5OP.HI.11K.2H2.2H/c1-4-13-10(16)7-8(9(15)5-6-12-2)14(18-3)11(13)17;1-4-6-9(14)8-7-10(15)12(5-2)11(16)13(8)17-3;1-3-12-9(15)6-7(8(14)4-5-11)13(17-2)10(12)16;1-3-9-6(11)4-5(7(12)13)10(15-2)8(9)14;1-3-9-7(12)4-6(5-11)10(14-2)8(9)13;1-2-9-6(11)3-5(4-10)8-7(9)12;1-3-2;;;;;;;;;;;;;;;;/h7,12,18H,4-6H2,1-3H3;7,17H,4-6H2,1-3H3;6,17H,3-5,11H2,1-2H3;4,15H,3H2,1-2H3,(H,12,13);4-5,14H,3H2,1-2H3;3-4H,2H2,1H3,(H,8,12);2-3H,1H3;1H;;;;;;;;;;;;2*1H;;/q;;;;;;;;;;;;;;;;3*+1;;;2*-1/p-1. The van der Waals surface area contributed by atoms with E-state index < -0.39 is 67.8 Å². The number of halogens is 1. The molecule has 6 aromatic heterocycles. The van der Waals surface area contributed by atoms with Gasteiger partial charge < -0.3 is 52.9 Å². The van der Waals surface area contributed by atoms with Gasteiger partial charge in [-0.25, -0.2) is 33.6 Å². The molecule has 0 spiro atoms. The molecule has 0 aromatic carbocycles. The normalized spacial score (nSPS) is 10.0. The fourth-order valence-corrected chi connectivity index (χ4v) is 11.8. The molecule has 0 bridgehead atoms. The Balaban J connectivity index is -0.0000000919. The summed E-state index contributed by atoms with van der Waals surface area (Å²) >= 11 is 10.0. The third-order valence-electron chi connectivity index (χ3n) is 12.8. The molecule has 0 saturated carbocycles. The average molecular weight is 2020 g/mol. The molecule has 34 nitrogen and oxygen atoms in total. The van der Waals surface area contributed by atoms with Gasteiger partial charge in [-0.2, -0.15) is 0 Å². The maximum atomic E-state index is 12.0. The van der Waals surface area contributed by atoms with E-state index in [1.807, 2.05) is 13.6 Å². The number of carboxylic acids is 1. The van der Waals surface area contributed by atoms with Crippen LogP contribution in [0.3, 0.4) is 0 Å². The van der Waals surface area contributed by atoms with Crippen LogP contribution in [0.15, 0.2) is 93.9 Å². The monoisotopic (exact) mass is 2020 g/mol. The Bertz CT molecular complexity index is 4390. The topological polar surface area (TPSA) is 456 Å². The van der Waals surface area contributed by atoms with Gasteiger partial charge in [0.1, 0.15) is 5.69 Å². The van der Waals surface area contributed by atoms with Gasteiger partial charge in [0.15, 0.2) is 29.9 Å². The van der Waals surface area contributed by atoms with E-state index in [2.05, 4.69) is 10.3 Å². The second-order valence-corrected chi connectivity index (χ2v) is 23.5. The second-order valence-electron chi connectivity index (χ2n) is 18.6. The van der Waals surface area contributed by atoms with Gasteiger partial charge in [0.05, 0.1) is 28.5 Å². The van der Waals surface area contributed by atoms with E-state index in [4.69, 9.17) is 15.7 Å². The van der Waals surface area contributed by atoms with Crippen LogP contribution in [-0.2, 0) is 39.3 Å². The first-order valence-corrected chi connectivity index (χ1v) is 106. The third kappa shape index (κ3) is 49.2. The van der Waals surface area contributed by atoms with Crippen LogP contribution in [-0.4, -0.2) is 413 Å². The maximum absolute atomic E-state index is 12.0. The summed E-state index contributed by atoms with van der Waals surface area (Å²) in [6.45, 7) is 25.2. The Morgan fingerprint density at radius 2 is 0.713 bits per heavy atom. The number of Topliss-reactive ketones (excluding diaryl/α,β-unsaturated/α-hetero) is 3. The van der Waals surface area contributed by atoms with Crippen molar-refractivity contribution in [1.29, 1.82) is 0 Å².